The molecule has 0 aliphatic heterocycles. The lowest BCUT2D eigenvalue weighted by molar-refractivity contribution is -0.00829. The van der Waals surface area contributed by atoms with Gasteiger partial charge in [0.15, 0.2) is 5.82 Å². The van der Waals surface area contributed by atoms with Crippen LogP contribution in [0.2, 0.25) is 0 Å². The van der Waals surface area contributed by atoms with Crippen LogP contribution >= 0.6 is 0 Å². The van der Waals surface area contributed by atoms with Crippen LogP contribution in [0.5, 0.6) is 0 Å². The van der Waals surface area contributed by atoms with E-state index in [2.05, 4.69) is 32.3 Å². The van der Waals surface area contributed by atoms with Crippen molar-refractivity contribution in [1.82, 2.24) is 29.8 Å². The molecule has 46 heavy (non-hydrogen) atoms. The van der Waals surface area contributed by atoms with Crippen molar-refractivity contribution in [3.05, 3.63) is 108 Å². The largest absolute Gasteiger partial charge is 0.504 e. The first-order chi connectivity index (χ1) is 22.2. The van der Waals surface area contributed by atoms with E-state index in [1.165, 1.54) is 50.3 Å². The summed E-state index contributed by atoms with van der Waals surface area (Å²) in [5.41, 5.74) is 3.22. The standard InChI is InChI=1S/C32H31N7O7/c1-19-7-8-22(14-26(19)37-28-27-21(3)25(16-38(27)35-17-34-28)29(40)36-24-9-10-24)30(41)39(20(2)11-13-44-4)32(43)46-18-45-31(42)23-6-5-12-33-15-23/h5-8,11-17,24H,2,9-10,18H2,1,3-4H3,(H,36,40)(H,34,35,37)/b13-11-. The summed E-state index contributed by atoms with van der Waals surface area (Å²) >= 11 is 0. The fourth-order valence-corrected chi connectivity index (χ4v) is 4.43. The lowest BCUT2D eigenvalue weighted by Gasteiger charge is -2.21. The van der Waals surface area contributed by atoms with Crippen molar-refractivity contribution in [2.24, 2.45) is 0 Å². The van der Waals surface area contributed by atoms with Gasteiger partial charge in [-0.1, -0.05) is 12.6 Å². The van der Waals surface area contributed by atoms with Gasteiger partial charge in [0.25, 0.3) is 11.8 Å². The molecule has 0 atom stereocenters. The van der Waals surface area contributed by atoms with Gasteiger partial charge < -0.3 is 24.8 Å². The number of nitrogens with zero attached hydrogens (tertiary/aromatic N) is 5. The highest BCUT2D eigenvalue weighted by Gasteiger charge is 2.28. The topological polar surface area (TPSA) is 166 Å². The quantitative estimate of drug-likeness (QED) is 0.105. The van der Waals surface area contributed by atoms with Crippen LogP contribution < -0.4 is 10.6 Å². The van der Waals surface area contributed by atoms with Crippen LogP contribution in [0.3, 0.4) is 0 Å². The van der Waals surface area contributed by atoms with Crippen molar-refractivity contribution in [1.29, 1.82) is 0 Å². The van der Waals surface area contributed by atoms with Gasteiger partial charge in [-0.2, -0.15) is 5.10 Å². The van der Waals surface area contributed by atoms with Crippen LogP contribution in [0.1, 0.15) is 55.0 Å². The van der Waals surface area contributed by atoms with Gasteiger partial charge in [-0.05, 0) is 68.2 Å². The molecule has 1 saturated carbocycles. The normalized spacial score (nSPS) is 12.4. The van der Waals surface area contributed by atoms with Crippen molar-refractivity contribution < 1.29 is 33.4 Å². The Morgan fingerprint density at radius 2 is 1.93 bits per heavy atom. The van der Waals surface area contributed by atoms with Gasteiger partial charge in [0.1, 0.15) is 11.8 Å². The fourth-order valence-electron chi connectivity index (χ4n) is 4.43. The molecule has 0 bridgehead atoms. The smallest absolute Gasteiger partial charge is 0.424 e. The average molecular weight is 626 g/mol. The highest BCUT2D eigenvalue weighted by Crippen LogP contribution is 2.29. The zero-order valence-corrected chi connectivity index (χ0v) is 25.4. The Kier molecular flexibility index (Phi) is 9.36. The molecule has 1 aliphatic carbocycles. The maximum atomic E-state index is 13.7. The SMILES string of the molecule is C=C(/C=C\OC)N(C(=O)OCOC(=O)c1cccnc1)C(=O)c1ccc(C)c(Nc2ncnn3cc(C(=O)NC4CC4)c(C)c23)c1. The van der Waals surface area contributed by atoms with E-state index in [1.807, 2.05) is 13.8 Å². The Morgan fingerprint density at radius 1 is 1.13 bits per heavy atom. The Balaban J connectivity index is 1.37. The van der Waals surface area contributed by atoms with Crippen LogP contribution in [0.4, 0.5) is 16.3 Å². The van der Waals surface area contributed by atoms with Gasteiger partial charge >= 0.3 is 12.1 Å². The number of aromatic nitrogens is 4. The third-order valence-corrected chi connectivity index (χ3v) is 7.06. The summed E-state index contributed by atoms with van der Waals surface area (Å²) in [5, 5.41) is 10.5. The van der Waals surface area contributed by atoms with Gasteiger partial charge in [-0.3, -0.25) is 14.6 Å². The summed E-state index contributed by atoms with van der Waals surface area (Å²) in [7, 11) is 1.39. The summed E-state index contributed by atoms with van der Waals surface area (Å²) in [6.45, 7) is 6.68. The van der Waals surface area contributed by atoms with Crippen molar-refractivity contribution >= 4 is 40.9 Å². The van der Waals surface area contributed by atoms with Crippen LogP contribution in [-0.2, 0) is 14.2 Å². The predicted molar refractivity (Wildman–Crippen MR) is 165 cm³/mol. The van der Waals surface area contributed by atoms with Crippen molar-refractivity contribution in [3.63, 3.8) is 0 Å². The van der Waals surface area contributed by atoms with Gasteiger partial charge in [-0.15, -0.1) is 0 Å². The number of nitrogens with one attached hydrogen (secondary N) is 2. The fraction of sp³-hybridized carbons (Fsp3) is 0.219. The Hall–Kier alpha value is -6.05. The molecule has 5 rings (SSSR count). The number of hydrogen-bond acceptors (Lipinski definition) is 11. The molecule has 1 aromatic carbocycles. The maximum absolute atomic E-state index is 13.7. The van der Waals surface area contributed by atoms with Crippen molar-refractivity contribution in [2.75, 3.05) is 19.2 Å². The van der Waals surface area contributed by atoms with E-state index in [-0.39, 0.29) is 28.8 Å². The molecule has 0 saturated heterocycles. The zero-order chi connectivity index (χ0) is 32.8. The Morgan fingerprint density at radius 3 is 2.65 bits per heavy atom. The Bertz CT molecular complexity index is 1850. The number of amides is 3. The molecular weight excluding hydrogens is 594 g/mol. The highest BCUT2D eigenvalue weighted by molar-refractivity contribution is 6.05. The molecule has 14 heteroatoms. The molecule has 0 unspecified atom stereocenters. The number of ether oxygens (including phenoxy) is 3. The van der Waals surface area contributed by atoms with Gasteiger partial charge in [0, 0.05) is 35.9 Å². The summed E-state index contributed by atoms with van der Waals surface area (Å²) < 4.78 is 16.6. The lowest BCUT2D eigenvalue weighted by atomic mass is 10.1. The third-order valence-electron chi connectivity index (χ3n) is 7.06. The molecule has 4 aromatic rings. The molecule has 0 spiro atoms. The van der Waals surface area contributed by atoms with Crippen LogP contribution in [0, 0.1) is 13.8 Å². The number of methoxy groups -OCH3 is 1. The van der Waals surface area contributed by atoms with E-state index in [9.17, 15) is 19.2 Å². The molecule has 0 radical (unpaired) electrons. The summed E-state index contributed by atoms with van der Waals surface area (Å²) in [4.78, 5) is 60.8. The summed E-state index contributed by atoms with van der Waals surface area (Å²) in [5.74, 6) is -1.31. The molecule has 14 nitrogen and oxygen atoms in total. The minimum atomic E-state index is -1.14. The Labute approximate surface area is 263 Å². The second-order valence-corrected chi connectivity index (χ2v) is 10.3. The zero-order valence-electron chi connectivity index (χ0n) is 25.4. The first-order valence-corrected chi connectivity index (χ1v) is 14.2. The van der Waals surface area contributed by atoms with Crippen molar-refractivity contribution in [3.8, 4) is 0 Å². The number of carbonyl (C=O) groups excluding carboxylic acids is 4. The van der Waals surface area contributed by atoms with Gasteiger partial charge in [-0.25, -0.2) is 24.0 Å². The van der Waals surface area contributed by atoms with Gasteiger partial charge in [0.05, 0.1) is 30.2 Å². The minimum absolute atomic E-state index is 0.0659. The molecule has 1 fully saturated rings. The second kappa shape index (κ2) is 13.7. The number of allylic oxidation sites excluding steroid dienone is 1. The number of fused-ring (bicyclic) bond motifs is 1. The lowest BCUT2D eigenvalue weighted by Crippen LogP contribution is -2.36. The van der Waals surface area contributed by atoms with E-state index in [0.717, 1.165) is 18.4 Å². The maximum Gasteiger partial charge on any atom is 0.424 e. The number of rotatable bonds is 11. The number of anilines is 2. The highest BCUT2D eigenvalue weighted by atomic mass is 16.7. The average Bonchev–Trinajstić information content (AvgIpc) is 3.80. The molecule has 3 heterocycles. The summed E-state index contributed by atoms with van der Waals surface area (Å²) in [6, 6.07) is 8.02. The minimum Gasteiger partial charge on any atom is -0.504 e. The second-order valence-electron chi connectivity index (χ2n) is 10.3. The number of esters is 1. The molecular formula is C32H31N7O7. The van der Waals surface area contributed by atoms with Crippen LogP contribution in [-0.4, -0.2) is 68.3 Å². The van der Waals surface area contributed by atoms with E-state index >= 15 is 0 Å². The molecule has 236 valence electrons. The number of pyridine rings is 1. The first-order valence-electron chi connectivity index (χ1n) is 14.2. The number of benzene rings is 1. The van der Waals surface area contributed by atoms with Gasteiger partial charge in [0.2, 0.25) is 6.79 Å². The van der Waals surface area contributed by atoms with Crippen LogP contribution in [0.25, 0.3) is 5.52 Å². The predicted octanol–water partition coefficient (Wildman–Crippen LogP) is 4.44. The van der Waals surface area contributed by atoms with E-state index in [4.69, 9.17) is 14.2 Å². The van der Waals surface area contributed by atoms with E-state index in [1.54, 1.807) is 28.9 Å². The third kappa shape index (κ3) is 7.01. The number of imide groups is 1. The first kappa shape index (κ1) is 31.4. The number of aryl methyl sites for hydroxylation is 2. The molecule has 2 N–H and O–H groups in total. The molecule has 3 aromatic heterocycles. The number of hydrogen-bond donors (Lipinski definition) is 2. The molecule has 1 aliphatic rings. The molecule has 3 amide bonds. The summed E-state index contributed by atoms with van der Waals surface area (Å²) in [6.07, 6.45) is 9.13. The van der Waals surface area contributed by atoms with Crippen LogP contribution in [0.15, 0.2) is 79.9 Å². The van der Waals surface area contributed by atoms with E-state index < -0.39 is 24.8 Å². The number of carbonyl (C=O) groups is 4. The van der Waals surface area contributed by atoms with E-state index in [0.29, 0.717) is 33.0 Å². The monoisotopic (exact) mass is 625 g/mol. The van der Waals surface area contributed by atoms with Crippen molar-refractivity contribution in [2.45, 2.75) is 32.7 Å².